The molecule has 0 saturated carbocycles. The van der Waals surface area contributed by atoms with Gasteiger partial charge in [0.05, 0.1) is 12.1 Å². The Labute approximate surface area is 196 Å². The molecule has 0 aliphatic carbocycles. The summed E-state index contributed by atoms with van der Waals surface area (Å²) in [5.41, 5.74) is 3.13. The fourth-order valence-corrected chi connectivity index (χ4v) is 3.42. The molecule has 0 saturated heterocycles. The maximum Gasteiger partial charge on any atom is 0.165 e. The van der Waals surface area contributed by atoms with Crippen molar-refractivity contribution in [3.8, 4) is 5.75 Å². The zero-order chi connectivity index (χ0) is 23.9. The van der Waals surface area contributed by atoms with Crippen molar-refractivity contribution >= 4 is 34.6 Å². The molecule has 34 heavy (non-hydrogen) atoms. The van der Waals surface area contributed by atoms with Gasteiger partial charge in [-0.1, -0.05) is 36.4 Å². The standard InChI is InChI=1S/C28H23FN2O3/c1-31-15-13-22-9-5-21(17-27(22)31)7-11-25(33)18-24(32)10-6-20-8-12-28(26(29)16-20)34-19-23-4-2-3-14-30-23/h2-17H,18-19H2,1H3. The fourth-order valence-electron chi connectivity index (χ4n) is 3.42. The first-order chi connectivity index (χ1) is 16.5. The normalized spacial score (nSPS) is 11.5. The highest BCUT2D eigenvalue weighted by Gasteiger charge is 2.07. The van der Waals surface area contributed by atoms with Crippen LogP contribution in [-0.2, 0) is 23.2 Å². The van der Waals surface area contributed by atoms with Crippen LogP contribution in [0.1, 0.15) is 23.2 Å². The van der Waals surface area contributed by atoms with Crippen LogP contribution >= 0.6 is 0 Å². The van der Waals surface area contributed by atoms with E-state index in [2.05, 4.69) is 4.98 Å². The molecule has 2 aromatic heterocycles. The largest absolute Gasteiger partial charge is 0.484 e. The molecule has 0 bridgehead atoms. The van der Waals surface area contributed by atoms with Crippen LogP contribution in [0, 0.1) is 5.82 Å². The number of hydrogen-bond donors (Lipinski definition) is 0. The van der Waals surface area contributed by atoms with Crippen molar-refractivity contribution in [1.29, 1.82) is 0 Å². The number of nitrogens with zero attached hydrogens (tertiary/aromatic N) is 2. The molecule has 0 atom stereocenters. The number of aryl methyl sites for hydroxylation is 1. The molecule has 4 rings (SSSR count). The van der Waals surface area contributed by atoms with Crippen LogP contribution in [0.3, 0.4) is 0 Å². The topological polar surface area (TPSA) is 61.2 Å². The van der Waals surface area contributed by atoms with Crippen molar-refractivity contribution in [3.05, 3.63) is 108 Å². The first-order valence-corrected chi connectivity index (χ1v) is 10.8. The molecule has 2 aromatic carbocycles. The molecule has 2 heterocycles. The van der Waals surface area contributed by atoms with Crippen molar-refractivity contribution in [2.45, 2.75) is 13.0 Å². The summed E-state index contributed by atoms with van der Waals surface area (Å²) in [7, 11) is 1.96. The van der Waals surface area contributed by atoms with Crippen LogP contribution in [0.4, 0.5) is 4.39 Å². The number of ether oxygens (including phenoxy) is 1. The van der Waals surface area contributed by atoms with E-state index in [0.717, 1.165) is 16.5 Å². The van der Waals surface area contributed by atoms with Gasteiger partial charge >= 0.3 is 0 Å². The van der Waals surface area contributed by atoms with Gasteiger partial charge in [0.25, 0.3) is 0 Å². The summed E-state index contributed by atoms with van der Waals surface area (Å²) in [6, 6.07) is 17.7. The van der Waals surface area contributed by atoms with E-state index >= 15 is 0 Å². The quantitative estimate of drug-likeness (QED) is 0.246. The van der Waals surface area contributed by atoms with Gasteiger partial charge in [0, 0.05) is 25.0 Å². The number of aromatic nitrogens is 2. The monoisotopic (exact) mass is 454 g/mol. The van der Waals surface area contributed by atoms with Gasteiger partial charge in [0.1, 0.15) is 6.61 Å². The highest BCUT2D eigenvalue weighted by molar-refractivity contribution is 6.11. The Morgan fingerprint density at radius 1 is 0.971 bits per heavy atom. The Balaban J connectivity index is 1.31. The van der Waals surface area contributed by atoms with Crippen LogP contribution in [-0.4, -0.2) is 21.1 Å². The van der Waals surface area contributed by atoms with Gasteiger partial charge in [-0.2, -0.15) is 0 Å². The number of pyridine rings is 1. The van der Waals surface area contributed by atoms with Crippen molar-refractivity contribution in [1.82, 2.24) is 9.55 Å². The molecule has 0 N–H and O–H groups in total. The minimum Gasteiger partial charge on any atom is -0.484 e. The second-order valence-corrected chi connectivity index (χ2v) is 7.82. The maximum absolute atomic E-state index is 14.3. The van der Waals surface area contributed by atoms with E-state index in [4.69, 9.17) is 4.74 Å². The van der Waals surface area contributed by atoms with E-state index in [0.29, 0.717) is 11.3 Å². The number of allylic oxidation sites excluding steroid dienone is 2. The molecule has 0 unspecified atom stereocenters. The van der Waals surface area contributed by atoms with Gasteiger partial charge in [0.2, 0.25) is 0 Å². The van der Waals surface area contributed by atoms with Gasteiger partial charge in [-0.05, 0) is 65.1 Å². The highest BCUT2D eigenvalue weighted by atomic mass is 19.1. The number of carbonyl (C=O) groups is 2. The molecule has 0 spiro atoms. The lowest BCUT2D eigenvalue weighted by Gasteiger charge is -2.07. The molecule has 170 valence electrons. The van der Waals surface area contributed by atoms with Crippen molar-refractivity contribution < 1.29 is 18.7 Å². The third kappa shape index (κ3) is 5.92. The van der Waals surface area contributed by atoms with Gasteiger partial charge in [-0.15, -0.1) is 0 Å². The average molecular weight is 455 g/mol. The summed E-state index contributed by atoms with van der Waals surface area (Å²) in [5, 5.41) is 1.12. The smallest absolute Gasteiger partial charge is 0.165 e. The Hall–Kier alpha value is -4.32. The van der Waals surface area contributed by atoms with Crippen molar-refractivity contribution in [2.24, 2.45) is 7.05 Å². The average Bonchev–Trinajstić information content (AvgIpc) is 3.21. The lowest BCUT2D eigenvalue weighted by molar-refractivity contribution is -0.121. The summed E-state index contributed by atoms with van der Waals surface area (Å²) < 4.78 is 21.8. The van der Waals surface area contributed by atoms with Crippen LogP contribution in [0.25, 0.3) is 23.1 Å². The molecule has 4 aromatic rings. The Morgan fingerprint density at radius 2 is 1.71 bits per heavy atom. The van der Waals surface area contributed by atoms with Crippen molar-refractivity contribution in [3.63, 3.8) is 0 Å². The molecular formula is C28H23FN2O3. The summed E-state index contributed by atoms with van der Waals surface area (Å²) in [6.07, 6.45) is 9.23. The zero-order valence-electron chi connectivity index (χ0n) is 18.6. The zero-order valence-corrected chi connectivity index (χ0v) is 18.6. The highest BCUT2D eigenvalue weighted by Crippen LogP contribution is 2.20. The lowest BCUT2D eigenvalue weighted by Crippen LogP contribution is -2.02. The molecule has 0 aliphatic rings. The number of fused-ring (bicyclic) bond motifs is 1. The van der Waals surface area contributed by atoms with E-state index in [1.807, 2.05) is 48.1 Å². The number of carbonyl (C=O) groups excluding carboxylic acids is 2. The van der Waals surface area contributed by atoms with Gasteiger partial charge in [0.15, 0.2) is 23.1 Å². The number of benzene rings is 2. The Kier molecular flexibility index (Phi) is 7.08. The molecule has 5 nitrogen and oxygen atoms in total. The van der Waals surface area contributed by atoms with Crippen LogP contribution in [0.15, 0.2) is 85.2 Å². The Bertz CT molecular complexity index is 1390. The minimum atomic E-state index is -0.542. The lowest BCUT2D eigenvalue weighted by atomic mass is 10.1. The third-order valence-corrected chi connectivity index (χ3v) is 5.24. The van der Waals surface area contributed by atoms with Crippen LogP contribution < -0.4 is 4.74 Å². The van der Waals surface area contributed by atoms with E-state index in [1.54, 1.807) is 30.5 Å². The van der Waals surface area contributed by atoms with Crippen LogP contribution in [0.5, 0.6) is 5.75 Å². The predicted molar refractivity (Wildman–Crippen MR) is 131 cm³/mol. The summed E-state index contributed by atoms with van der Waals surface area (Å²) in [5.74, 6) is -1.10. The first kappa shape index (κ1) is 22.9. The fraction of sp³-hybridized carbons (Fsp3) is 0.107. The van der Waals surface area contributed by atoms with E-state index in [-0.39, 0.29) is 30.3 Å². The molecule has 0 radical (unpaired) electrons. The minimum absolute atomic E-state index is 0.1000. The molecule has 6 heteroatoms. The number of ketones is 2. The summed E-state index contributed by atoms with van der Waals surface area (Å²) >= 11 is 0. The molecule has 0 fully saturated rings. The van der Waals surface area contributed by atoms with Crippen LogP contribution in [0.2, 0.25) is 0 Å². The van der Waals surface area contributed by atoms with Gasteiger partial charge < -0.3 is 9.30 Å². The molecule has 0 aliphatic heterocycles. The van der Waals surface area contributed by atoms with Gasteiger partial charge in [-0.25, -0.2) is 4.39 Å². The summed E-state index contributed by atoms with van der Waals surface area (Å²) in [6.45, 7) is 0.153. The Morgan fingerprint density at radius 3 is 2.41 bits per heavy atom. The van der Waals surface area contributed by atoms with E-state index < -0.39 is 5.82 Å². The second kappa shape index (κ2) is 10.5. The number of hydrogen-bond acceptors (Lipinski definition) is 4. The number of halogens is 1. The molecular weight excluding hydrogens is 431 g/mol. The van der Waals surface area contributed by atoms with Gasteiger partial charge in [-0.3, -0.25) is 14.6 Å². The third-order valence-electron chi connectivity index (χ3n) is 5.24. The molecule has 0 amide bonds. The predicted octanol–water partition coefficient (Wildman–Crippen LogP) is 5.55. The summed E-state index contributed by atoms with van der Waals surface area (Å²) in [4.78, 5) is 28.5. The van der Waals surface area contributed by atoms with Crippen molar-refractivity contribution in [2.75, 3.05) is 0 Å². The SMILES string of the molecule is Cn1ccc2ccc(C=CC(=O)CC(=O)C=Cc3ccc(OCc4ccccn4)c(F)c3)cc21. The van der Waals surface area contributed by atoms with E-state index in [1.165, 1.54) is 30.4 Å². The second-order valence-electron chi connectivity index (χ2n) is 7.82. The first-order valence-electron chi connectivity index (χ1n) is 10.8. The maximum atomic E-state index is 14.3. The number of rotatable bonds is 9. The van der Waals surface area contributed by atoms with E-state index in [9.17, 15) is 14.0 Å².